The van der Waals surface area contributed by atoms with Crippen LogP contribution in [0.2, 0.25) is 0 Å². The highest BCUT2D eigenvalue weighted by Gasteiger charge is 2.80. The molecule has 2 aromatic rings. The SMILES string of the molecule is COc1ccccc1C1C2(C)OC(=N)C1(C#N)C(C#N)(C#N)C(c1cccs1)O2. The van der Waals surface area contributed by atoms with Gasteiger partial charge in [0.1, 0.15) is 11.9 Å². The molecule has 2 aliphatic rings. The second kappa shape index (κ2) is 6.32. The van der Waals surface area contributed by atoms with Gasteiger partial charge in [0, 0.05) is 17.4 Å². The van der Waals surface area contributed by atoms with Crippen molar-refractivity contribution in [2.45, 2.75) is 24.7 Å². The highest BCUT2D eigenvalue weighted by atomic mass is 32.1. The molecule has 0 aliphatic carbocycles. The van der Waals surface area contributed by atoms with Gasteiger partial charge in [0.05, 0.1) is 31.2 Å². The van der Waals surface area contributed by atoms with Crippen molar-refractivity contribution >= 4 is 17.2 Å². The molecule has 0 amide bonds. The van der Waals surface area contributed by atoms with Gasteiger partial charge < -0.3 is 14.2 Å². The fraction of sp³-hybridized carbons (Fsp3) is 0.333. The molecule has 2 bridgehead atoms. The third-order valence-corrected chi connectivity index (χ3v) is 6.68. The molecular weight excluding hydrogens is 388 g/mol. The van der Waals surface area contributed by atoms with Crippen LogP contribution in [0.3, 0.4) is 0 Å². The summed E-state index contributed by atoms with van der Waals surface area (Å²) < 4.78 is 17.5. The largest absolute Gasteiger partial charge is 0.496 e. The smallest absolute Gasteiger partial charge is 0.219 e. The van der Waals surface area contributed by atoms with E-state index in [1.54, 1.807) is 48.7 Å². The zero-order valence-electron chi connectivity index (χ0n) is 15.7. The molecule has 4 unspecified atom stereocenters. The van der Waals surface area contributed by atoms with Crippen molar-refractivity contribution in [2.75, 3.05) is 7.11 Å². The summed E-state index contributed by atoms with van der Waals surface area (Å²) in [6.45, 7) is 1.64. The van der Waals surface area contributed by atoms with E-state index in [1.807, 2.05) is 12.1 Å². The fourth-order valence-corrected chi connectivity index (χ4v) is 5.37. The summed E-state index contributed by atoms with van der Waals surface area (Å²) in [7, 11) is 1.49. The van der Waals surface area contributed by atoms with Crippen LogP contribution in [-0.2, 0) is 9.47 Å². The number of fused-ring (bicyclic) bond motifs is 2. The van der Waals surface area contributed by atoms with Crippen molar-refractivity contribution in [3.05, 3.63) is 52.2 Å². The topological polar surface area (TPSA) is 123 Å². The number of thiophene rings is 1. The van der Waals surface area contributed by atoms with Gasteiger partial charge in [0.15, 0.2) is 5.41 Å². The van der Waals surface area contributed by atoms with Gasteiger partial charge in [0.25, 0.3) is 0 Å². The predicted octanol–water partition coefficient (Wildman–Crippen LogP) is 3.88. The lowest BCUT2D eigenvalue weighted by molar-refractivity contribution is -0.252. The number of nitrogens with one attached hydrogen (secondary N) is 1. The molecule has 4 rings (SSSR count). The summed E-state index contributed by atoms with van der Waals surface area (Å²) in [5.74, 6) is -2.34. The van der Waals surface area contributed by atoms with Gasteiger partial charge in [-0.05, 0) is 17.5 Å². The molecule has 2 fully saturated rings. The first-order valence-electron chi connectivity index (χ1n) is 8.80. The average molecular weight is 404 g/mol. The summed E-state index contributed by atoms with van der Waals surface area (Å²) in [6, 6.07) is 16.8. The number of rotatable bonds is 3. The fourth-order valence-electron chi connectivity index (χ4n) is 4.55. The van der Waals surface area contributed by atoms with Crippen LogP contribution in [0.4, 0.5) is 0 Å². The number of benzene rings is 1. The highest BCUT2D eigenvalue weighted by Crippen LogP contribution is 2.70. The van der Waals surface area contributed by atoms with Gasteiger partial charge in [-0.3, -0.25) is 5.41 Å². The molecule has 144 valence electrons. The number of ether oxygens (including phenoxy) is 3. The Hall–Kier alpha value is -3.38. The van der Waals surface area contributed by atoms with E-state index >= 15 is 0 Å². The predicted molar refractivity (Wildman–Crippen MR) is 103 cm³/mol. The maximum atomic E-state index is 10.4. The van der Waals surface area contributed by atoms with Crippen LogP contribution in [0.1, 0.15) is 29.4 Å². The highest BCUT2D eigenvalue weighted by molar-refractivity contribution is 7.10. The van der Waals surface area contributed by atoms with Crippen molar-refractivity contribution < 1.29 is 14.2 Å². The number of methoxy groups -OCH3 is 1. The Bertz CT molecular complexity index is 1100. The molecule has 4 atom stereocenters. The molecule has 29 heavy (non-hydrogen) atoms. The van der Waals surface area contributed by atoms with Crippen LogP contribution in [0.5, 0.6) is 5.75 Å². The maximum absolute atomic E-state index is 10.4. The molecule has 0 radical (unpaired) electrons. The number of para-hydroxylation sites is 1. The van der Waals surface area contributed by atoms with Crippen molar-refractivity contribution in [3.63, 3.8) is 0 Å². The number of hydrogen-bond acceptors (Lipinski definition) is 8. The van der Waals surface area contributed by atoms with E-state index in [1.165, 1.54) is 18.4 Å². The Kier molecular flexibility index (Phi) is 4.13. The summed E-state index contributed by atoms with van der Waals surface area (Å²) in [6.07, 6.45) is -1.05. The van der Waals surface area contributed by atoms with Crippen LogP contribution in [0.25, 0.3) is 0 Å². The standard InChI is InChI=1S/C21H16N4O3S/c1-19-16(13-6-3-4-7-14(13)26-2)21(12-24,18(25)28-19)20(10-22,11-23)17(27-19)15-8-5-9-29-15/h3-9,16-17,25H,1-2H3. The first kappa shape index (κ1) is 19.0. The quantitative estimate of drug-likeness (QED) is 0.828. The second-order valence-corrected chi connectivity index (χ2v) is 8.07. The zero-order valence-corrected chi connectivity index (χ0v) is 16.5. The molecule has 8 heteroatoms. The molecule has 1 aromatic carbocycles. The van der Waals surface area contributed by atoms with Gasteiger partial charge in [-0.25, -0.2) is 0 Å². The van der Waals surface area contributed by atoms with Gasteiger partial charge in [0.2, 0.25) is 17.1 Å². The monoisotopic (exact) mass is 404 g/mol. The molecule has 1 N–H and O–H groups in total. The lowest BCUT2D eigenvalue weighted by Gasteiger charge is -2.48. The van der Waals surface area contributed by atoms with E-state index in [2.05, 4.69) is 6.07 Å². The van der Waals surface area contributed by atoms with Crippen LogP contribution in [0.15, 0.2) is 41.8 Å². The van der Waals surface area contributed by atoms with Crippen LogP contribution in [0, 0.1) is 50.2 Å². The van der Waals surface area contributed by atoms with Crippen molar-refractivity contribution in [1.82, 2.24) is 0 Å². The van der Waals surface area contributed by atoms with E-state index in [-0.39, 0.29) is 0 Å². The average Bonchev–Trinajstić information content (AvgIpc) is 3.32. The molecule has 3 heterocycles. The van der Waals surface area contributed by atoms with Gasteiger partial charge >= 0.3 is 0 Å². The van der Waals surface area contributed by atoms with Gasteiger partial charge in [-0.15, -0.1) is 11.3 Å². The third-order valence-electron chi connectivity index (χ3n) is 5.77. The molecule has 2 aliphatic heterocycles. The first-order valence-corrected chi connectivity index (χ1v) is 9.68. The molecule has 1 aromatic heterocycles. The Morgan fingerprint density at radius 3 is 2.41 bits per heavy atom. The van der Waals surface area contributed by atoms with Gasteiger partial charge in [-0.2, -0.15) is 15.8 Å². The third kappa shape index (κ3) is 2.15. The molecule has 2 saturated heterocycles. The Morgan fingerprint density at radius 2 is 1.83 bits per heavy atom. The van der Waals surface area contributed by atoms with Crippen molar-refractivity contribution in [2.24, 2.45) is 10.8 Å². The minimum atomic E-state index is -1.99. The van der Waals surface area contributed by atoms with E-state index in [9.17, 15) is 15.8 Å². The lowest BCUT2D eigenvalue weighted by atomic mass is 9.53. The van der Waals surface area contributed by atoms with E-state index in [0.717, 1.165) is 0 Å². The Balaban J connectivity index is 2.07. The maximum Gasteiger partial charge on any atom is 0.219 e. The minimum absolute atomic E-state index is 0.444. The normalized spacial score (nSPS) is 31.8. The zero-order chi connectivity index (χ0) is 20.9. The molecule has 0 saturated carbocycles. The van der Waals surface area contributed by atoms with Crippen molar-refractivity contribution in [1.29, 1.82) is 21.2 Å². The summed E-state index contributed by atoms with van der Waals surface area (Å²) >= 11 is 1.32. The number of nitrogens with zero attached hydrogens (tertiary/aromatic N) is 3. The molecule has 7 nitrogen and oxygen atoms in total. The van der Waals surface area contributed by atoms with Crippen molar-refractivity contribution in [3.8, 4) is 24.0 Å². The molecular formula is C21H16N4O3S. The summed E-state index contributed by atoms with van der Waals surface area (Å²) in [5.41, 5.74) is -3.33. The van der Waals surface area contributed by atoms with E-state index in [4.69, 9.17) is 19.6 Å². The van der Waals surface area contributed by atoms with E-state index < -0.39 is 34.5 Å². The first-order chi connectivity index (χ1) is 13.9. The summed E-state index contributed by atoms with van der Waals surface area (Å²) in [5, 5.41) is 41.2. The van der Waals surface area contributed by atoms with Crippen LogP contribution >= 0.6 is 11.3 Å². The summed E-state index contributed by atoms with van der Waals surface area (Å²) in [4.78, 5) is 0.621. The van der Waals surface area contributed by atoms with Crippen LogP contribution in [-0.4, -0.2) is 18.8 Å². The lowest BCUT2D eigenvalue weighted by Crippen LogP contribution is -2.57. The second-order valence-electron chi connectivity index (χ2n) is 7.09. The molecule has 0 spiro atoms. The minimum Gasteiger partial charge on any atom is -0.496 e. The number of hydrogen-bond donors (Lipinski definition) is 1. The van der Waals surface area contributed by atoms with Gasteiger partial charge in [-0.1, -0.05) is 24.3 Å². The van der Waals surface area contributed by atoms with Crippen LogP contribution < -0.4 is 4.74 Å². The number of nitriles is 3. The van der Waals surface area contributed by atoms with E-state index in [0.29, 0.717) is 16.2 Å². The Morgan fingerprint density at radius 1 is 1.10 bits per heavy atom. The Labute approximate surface area is 171 Å².